The lowest BCUT2D eigenvalue weighted by Crippen LogP contribution is -2.25. The highest BCUT2D eigenvalue weighted by molar-refractivity contribution is 6.18. The van der Waals surface area contributed by atoms with Gasteiger partial charge in [0.25, 0.3) is 0 Å². The minimum Gasteiger partial charge on any atom is -0.455 e. The van der Waals surface area contributed by atoms with Crippen LogP contribution in [0.25, 0.3) is 78.4 Å². The number of fused-ring (bicyclic) bond motifs is 14. The van der Waals surface area contributed by atoms with Crippen LogP contribution in [-0.4, -0.2) is 15.0 Å². The Morgan fingerprint density at radius 2 is 0.880 bits per heavy atom. The second-order valence-corrected chi connectivity index (χ2v) is 13.1. The van der Waals surface area contributed by atoms with E-state index in [1.165, 1.54) is 38.9 Å². The molecular formula is C46H27N3O. The quantitative estimate of drug-likeness (QED) is 0.193. The molecule has 0 aliphatic heterocycles. The number of furan rings is 1. The lowest BCUT2D eigenvalue weighted by molar-refractivity contribution is 0.669. The molecule has 0 bridgehead atoms. The average molecular weight is 638 g/mol. The zero-order valence-electron chi connectivity index (χ0n) is 26.8. The van der Waals surface area contributed by atoms with Gasteiger partial charge in [0.05, 0.1) is 5.41 Å². The van der Waals surface area contributed by atoms with E-state index in [1.54, 1.807) is 0 Å². The Hall–Kier alpha value is -6.65. The molecule has 2 aliphatic rings. The zero-order chi connectivity index (χ0) is 32.8. The van der Waals surface area contributed by atoms with Crippen molar-refractivity contribution < 1.29 is 4.42 Å². The van der Waals surface area contributed by atoms with Gasteiger partial charge in [0.2, 0.25) is 0 Å². The molecule has 0 saturated heterocycles. The van der Waals surface area contributed by atoms with Crippen LogP contribution in [0.1, 0.15) is 22.3 Å². The van der Waals surface area contributed by atoms with Gasteiger partial charge in [-0.2, -0.15) is 0 Å². The number of rotatable bonds is 3. The first kappa shape index (κ1) is 27.3. The molecule has 0 saturated carbocycles. The van der Waals surface area contributed by atoms with Gasteiger partial charge < -0.3 is 4.42 Å². The number of hydrogen-bond acceptors (Lipinski definition) is 4. The number of benzene rings is 7. The van der Waals surface area contributed by atoms with Crippen molar-refractivity contribution in [3.05, 3.63) is 186 Å². The first-order chi connectivity index (χ1) is 24.8. The molecule has 7 aromatic carbocycles. The van der Waals surface area contributed by atoms with Gasteiger partial charge in [0.15, 0.2) is 17.5 Å². The summed E-state index contributed by atoms with van der Waals surface area (Å²) in [7, 11) is 0. The van der Waals surface area contributed by atoms with Crippen molar-refractivity contribution in [1.82, 2.24) is 15.0 Å². The normalized spacial score (nSPS) is 13.4. The van der Waals surface area contributed by atoms with Crippen LogP contribution in [0, 0.1) is 0 Å². The van der Waals surface area contributed by atoms with E-state index < -0.39 is 5.41 Å². The maximum Gasteiger partial charge on any atom is 0.164 e. The van der Waals surface area contributed by atoms with Crippen LogP contribution in [-0.2, 0) is 5.41 Å². The highest BCUT2D eigenvalue weighted by Crippen LogP contribution is 2.64. The number of hydrogen-bond donors (Lipinski definition) is 0. The fourth-order valence-corrected chi connectivity index (χ4v) is 8.56. The van der Waals surface area contributed by atoms with Crippen LogP contribution >= 0.6 is 0 Å². The van der Waals surface area contributed by atoms with Crippen molar-refractivity contribution in [3.63, 3.8) is 0 Å². The van der Waals surface area contributed by atoms with E-state index in [0.29, 0.717) is 17.5 Å². The Balaban J connectivity index is 1.32. The van der Waals surface area contributed by atoms with Gasteiger partial charge in [-0.1, -0.05) is 152 Å². The van der Waals surface area contributed by atoms with Crippen LogP contribution in [0.3, 0.4) is 0 Å². The summed E-state index contributed by atoms with van der Waals surface area (Å²) in [4.78, 5) is 15.5. The molecule has 0 radical (unpaired) electrons. The van der Waals surface area contributed by atoms with E-state index in [0.717, 1.165) is 44.2 Å². The molecule has 2 aromatic heterocycles. The molecule has 0 unspecified atom stereocenters. The lowest BCUT2D eigenvalue weighted by Gasteiger charge is -2.30. The molecule has 2 aliphatic carbocycles. The molecule has 9 aromatic rings. The highest BCUT2D eigenvalue weighted by Gasteiger charge is 2.52. The van der Waals surface area contributed by atoms with Crippen molar-refractivity contribution >= 4 is 21.9 Å². The molecule has 11 rings (SSSR count). The summed E-state index contributed by atoms with van der Waals surface area (Å²) in [5.41, 5.74) is 13.8. The van der Waals surface area contributed by atoms with Gasteiger partial charge in [-0.25, -0.2) is 15.0 Å². The van der Waals surface area contributed by atoms with Crippen LogP contribution in [0.15, 0.2) is 168 Å². The van der Waals surface area contributed by atoms with E-state index in [1.807, 2.05) is 42.5 Å². The molecule has 0 N–H and O–H groups in total. The maximum atomic E-state index is 6.95. The van der Waals surface area contributed by atoms with Gasteiger partial charge in [-0.15, -0.1) is 0 Å². The molecule has 0 atom stereocenters. The van der Waals surface area contributed by atoms with Crippen molar-refractivity contribution in [2.24, 2.45) is 0 Å². The predicted molar refractivity (Wildman–Crippen MR) is 200 cm³/mol. The minimum absolute atomic E-state index is 0.543. The summed E-state index contributed by atoms with van der Waals surface area (Å²) in [6.45, 7) is 0. The van der Waals surface area contributed by atoms with Crippen molar-refractivity contribution in [3.8, 4) is 56.4 Å². The standard InChI is InChI=1S/C46H27N3O/c1-3-15-28(16-4-1)43-47-44(29-17-5-2-6-18-29)49-45(48-43)34-27-38-41(42-40(34)33-22-10-14-26-39(33)50-42)32-21-9-13-25-37(32)46(38)35-23-11-7-19-30(35)31-20-8-12-24-36(31)46/h1-27H. The molecule has 1 spiro atoms. The van der Waals surface area contributed by atoms with Gasteiger partial charge in [0.1, 0.15) is 11.2 Å². The lowest BCUT2D eigenvalue weighted by atomic mass is 9.70. The summed E-state index contributed by atoms with van der Waals surface area (Å²) < 4.78 is 6.95. The van der Waals surface area contributed by atoms with Gasteiger partial charge >= 0.3 is 0 Å². The molecule has 50 heavy (non-hydrogen) atoms. The molecule has 4 heteroatoms. The van der Waals surface area contributed by atoms with Crippen molar-refractivity contribution in [2.45, 2.75) is 5.41 Å². The Labute approximate surface area is 288 Å². The molecule has 0 amide bonds. The van der Waals surface area contributed by atoms with Gasteiger partial charge in [0, 0.05) is 33.0 Å². The first-order valence-electron chi connectivity index (χ1n) is 17.0. The number of para-hydroxylation sites is 1. The fraction of sp³-hybridized carbons (Fsp3) is 0.0217. The Morgan fingerprint density at radius 1 is 0.400 bits per heavy atom. The average Bonchev–Trinajstić information content (AvgIpc) is 3.82. The van der Waals surface area contributed by atoms with Crippen molar-refractivity contribution in [2.75, 3.05) is 0 Å². The Bertz CT molecular complexity index is 2720. The van der Waals surface area contributed by atoms with Crippen LogP contribution in [0.2, 0.25) is 0 Å². The van der Waals surface area contributed by atoms with E-state index in [4.69, 9.17) is 19.4 Å². The van der Waals surface area contributed by atoms with E-state index in [-0.39, 0.29) is 0 Å². The topological polar surface area (TPSA) is 51.8 Å². The maximum absolute atomic E-state index is 6.95. The minimum atomic E-state index is -0.543. The van der Waals surface area contributed by atoms with E-state index in [9.17, 15) is 0 Å². The van der Waals surface area contributed by atoms with E-state index >= 15 is 0 Å². The molecule has 4 nitrogen and oxygen atoms in total. The molecule has 2 heterocycles. The summed E-state index contributed by atoms with van der Waals surface area (Å²) in [5.74, 6) is 1.87. The number of nitrogens with zero attached hydrogens (tertiary/aromatic N) is 3. The predicted octanol–water partition coefficient (Wildman–Crippen LogP) is 11.1. The summed E-state index contributed by atoms with van der Waals surface area (Å²) in [6, 6.07) is 57.6. The van der Waals surface area contributed by atoms with Crippen LogP contribution in [0.4, 0.5) is 0 Å². The summed E-state index contributed by atoms with van der Waals surface area (Å²) in [6.07, 6.45) is 0. The third kappa shape index (κ3) is 3.57. The largest absolute Gasteiger partial charge is 0.455 e. The summed E-state index contributed by atoms with van der Waals surface area (Å²) in [5, 5.41) is 2.05. The van der Waals surface area contributed by atoms with Crippen LogP contribution < -0.4 is 0 Å². The SMILES string of the molecule is c1ccc(-c2nc(-c3ccccc3)nc(-c3cc4c(c5oc6ccccc6c35)-c3ccccc3C43c4ccccc4-c4ccccc43)n2)cc1. The second-order valence-electron chi connectivity index (χ2n) is 13.1. The molecular weight excluding hydrogens is 611 g/mol. The smallest absolute Gasteiger partial charge is 0.164 e. The Kier molecular flexibility index (Phi) is 5.56. The number of aromatic nitrogens is 3. The van der Waals surface area contributed by atoms with Crippen LogP contribution in [0.5, 0.6) is 0 Å². The van der Waals surface area contributed by atoms with Gasteiger partial charge in [-0.3, -0.25) is 0 Å². The third-order valence-electron chi connectivity index (χ3n) is 10.5. The van der Waals surface area contributed by atoms with Crippen molar-refractivity contribution in [1.29, 1.82) is 0 Å². The van der Waals surface area contributed by atoms with Gasteiger partial charge in [-0.05, 0) is 51.1 Å². The zero-order valence-corrected chi connectivity index (χ0v) is 26.8. The highest BCUT2D eigenvalue weighted by atomic mass is 16.3. The second kappa shape index (κ2) is 10.2. The van der Waals surface area contributed by atoms with E-state index in [2.05, 4.69) is 121 Å². The molecule has 232 valence electrons. The first-order valence-corrected chi connectivity index (χ1v) is 17.0. The fourth-order valence-electron chi connectivity index (χ4n) is 8.56. The Morgan fingerprint density at radius 3 is 1.50 bits per heavy atom. The monoisotopic (exact) mass is 637 g/mol. The third-order valence-corrected chi connectivity index (χ3v) is 10.5. The molecule has 0 fully saturated rings. The summed E-state index contributed by atoms with van der Waals surface area (Å²) >= 11 is 0.